The minimum Gasteiger partial charge on any atom is -0.427 e. The van der Waals surface area contributed by atoms with Gasteiger partial charge in [0.1, 0.15) is 5.75 Å². The minimum atomic E-state index is -0.384. The molecule has 4 heteroatoms. The highest BCUT2D eigenvalue weighted by Gasteiger charge is 2.11. The second-order valence-corrected chi connectivity index (χ2v) is 4.72. The fourth-order valence-electron chi connectivity index (χ4n) is 1.95. The highest BCUT2D eigenvalue weighted by molar-refractivity contribution is 5.94. The molecule has 1 atom stereocenters. The molecular formula is C17H17NO3. The van der Waals surface area contributed by atoms with Crippen molar-refractivity contribution in [2.45, 2.75) is 19.9 Å². The Hall–Kier alpha value is -2.62. The van der Waals surface area contributed by atoms with E-state index in [2.05, 4.69) is 5.32 Å². The fourth-order valence-corrected chi connectivity index (χ4v) is 1.95. The molecule has 2 aromatic carbocycles. The van der Waals surface area contributed by atoms with Crippen molar-refractivity contribution in [2.24, 2.45) is 0 Å². The van der Waals surface area contributed by atoms with Crippen LogP contribution in [0.5, 0.6) is 5.75 Å². The Morgan fingerprint density at radius 1 is 1.00 bits per heavy atom. The highest BCUT2D eigenvalue weighted by Crippen LogP contribution is 2.15. The fraction of sp³-hybridized carbons (Fsp3) is 0.176. The van der Waals surface area contributed by atoms with Crippen molar-refractivity contribution in [3.63, 3.8) is 0 Å². The zero-order chi connectivity index (χ0) is 15.2. The van der Waals surface area contributed by atoms with E-state index in [1.165, 1.54) is 6.92 Å². The minimum absolute atomic E-state index is 0.0770. The third-order valence-corrected chi connectivity index (χ3v) is 3.03. The maximum absolute atomic E-state index is 12.1. The normalized spacial score (nSPS) is 11.5. The number of benzene rings is 2. The van der Waals surface area contributed by atoms with Crippen LogP contribution >= 0.6 is 0 Å². The Bertz CT molecular complexity index is 620. The Morgan fingerprint density at radius 2 is 1.62 bits per heavy atom. The molecular weight excluding hydrogens is 266 g/mol. The van der Waals surface area contributed by atoms with Gasteiger partial charge in [-0.05, 0) is 36.8 Å². The first-order valence-electron chi connectivity index (χ1n) is 6.70. The number of rotatable bonds is 4. The molecule has 0 aliphatic heterocycles. The van der Waals surface area contributed by atoms with Crippen molar-refractivity contribution < 1.29 is 14.3 Å². The van der Waals surface area contributed by atoms with Crippen LogP contribution in [0.3, 0.4) is 0 Å². The number of carbonyl (C=O) groups excluding carboxylic acids is 2. The topological polar surface area (TPSA) is 55.4 Å². The molecule has 0 aromatic heterocycles. The number of carbonyl (C=O) groups is 2. The Labute approximate surface area is 123 Å². The van der Waals surface area contributed by atoms with Crippen LogP contribution in [-0.2, 0) is 4.79 Å². The summed E-state index contributed by atoms with van der Waals surface area (Å²) in [5, 5.41) is 2.93. The van der Waals surface area contributed by atoms with E-state index in [4.69, 9.17) is 4.74 Å². The van der Waals surface area contributed by atoms with Gasteiger partial charge in [-0.2, -0.15) is 0 Å². The van der Waals surface area contributed by atoms with Gasteiger partial charge < -0.3 is 10.1 Å². The summed E-state index contributed by atoms with van der Waals surface area (Å²) in [6, 6.07) is 16.1. The number of esters is 1. The molecule has 2 rings (SSSR count). The zero-order valence-electron chi connectivity index (χ0n) is 12.0. The standard InChI is InChI=1S/C17H17NO3/c1-12(14-6-4-3-5-7-14)18-17(20)15-8-10-16(11-9-15)21-13(2)19/h3-12H,1-2H3,(H,18,20). The average molecular weight is 283 g/mol. The van der Waals surface area contributed by atoms with E-state index in [0.717, 1.165) is 5.56 Å². The van der Waals surface area contributed by atoms with Crippen LogP contribution in [0.15, 0.2) is 54.6 Å². The second kappa shape index (κ2) is 6.70. The summed E-state index contributed by atoms with van der Waals surface area (Å²) in [4.78, 5) is 23.0. The van der Waals surface area contributed by atoms with Crippen LogP contribution in [0.2, 0.25) is 0 Å². The predicted octanol–water partition coefficient (Wildman–Crippen LogP) is 3.10. The number of hydrogen-bond donors (Lipinski definition) is 1. The van der Waals surface area contributed by atoms with Gasteiger partial charge in [0.2, 0.25) is 0 Å². The Kier molecular flexibility index (Phi) is 4.72. The summed E-state index contributed by atoms with van der Waals surface area (Å²) >= 11 is 0. The molecule has 1 amide bonds. The summed E-state index contributed by atoms with van der Waals surface area (Å²) < 4.78 is 4.93. The van der Waals surface area contributed by atoms with Crippen molar-refractivity contribution in [3.8, 4) is 5.75 Å². The van der Waals surface area contributed by atoms with Crippen LogP contribution in [0.4, 0.5) is 0 Å². The van der Waals surface area contributed by atoms with Crippen molar-refractivity contribution in [1.82, 2.24) is 5.32 Å². The number of hydrogen-bond acceptors (Lipinski definition) is 3. The first-order valence-corrected chi connectivity index (χ1v) is 6.70. The molecule has 108 valence electrons. The van der Waals surface area contributed by atoms with E-state index in [9.17, 15) is 9.59 Å². The van der Waals surface area contributed by atoms with Crippen molar-refractivity contribution in [2.75, 3.05) is 0 Å². The molecule has 4 nitrogen and oxygen atoms in total. The van der Waals surface area contributed by atoms with Gasteiger partial charge in [0.25, 0.3) is 5.91 Å². The van der Waals surface area contributed by atoms with Gasteiger partial charge in [0.05, 0.1) is 6.04 Å². The largest absolute Gasteiger partial charge is 0.427 e. The molecule has 1 N–H and O–H groups in total. The molecule has 0 radical (unpaired) electrons. The lowest BCUT2D eigenvalue weighted by molar-refractivity contribution is -0.131. The Balaban J connectivity index is 2.01. The zero-order valence-corrected chi connectivity index (χ0v) is 12.0. The van der Waals surface area contributed by atoms with Gasteiger partial charge in [-0.25, -0.2) is 0 Å². The molecule has 0 aliphatic carbocycles. The summed E-state index contributed by atoms with van der Waals surface area (Å²) in [6.07, 6.45) is 0. The average Bonchev–Trinajstić information content (AvgIpc) is 2.48. The maximum atomic E-state index is 12.1. The molecule has 21 heavy (non-hydrogen) atoms. The lowest BCUT2D eigenvalue weighted by atomic mass is 10.1. The first kappa shape index (κ1) is 14.8. The van der Waals surface area contributed by atoms with Gasteiger partial charge in [0.15, 0.2) is 0 Å². The smallest absolute Gasteiger partial charge is 0.308 e. The summed E-state index contributed by atoms with van der Waals surface area (Å²) in [5.41, 5.74) is 1.57. The number of nitrogens with one attached hydrogen (secondary N) is 1. The third-order valence-electron chi connectivity index (χ3n) is 3.03. The van der Waals surface area contributed by atoms with Gasteiger partial charge >= 0.3 is 5.97 Å². The number of amides is 1. The molecule has 0 saturated carbocycles. The molecule has 0 heterocycles. The van der Waals surface area contributed by atoms with E-state index in [1.54, 1.807) is 24.3 Å². The van der Waals surface area contributed by atoms with Gasteiger partial charge in [-0.15, -0.1) is 0 Å². The van der Waals surface area contributed by atoms with Crippen molar-refractivity contribution in [1.29, 1.82) is 0 Å². The van der Waals surface area contributed by atoms with E-state index in [0.29, 0.717) is 11.3 Å². The Morgan fingerprint density at radius 3 is 2.19 bits per heavy atom. The van der Waals surface area contributed by atoms with E-state index in [1.807, 2.05) is 37.3 Å². The molecule has 0 fully saturated rings. The van der Waals surface area contributed by atoms with Gasteiger partial charge in [0, 0.05) is 12.5 Å². The molecule has 0 aliphatic rings. The predicted molar refractivity (Wildman–Crippen MR) is 80.1 cm³/mol. The van der Waals surface area contributed by atoms with Crippen LogP contribution in [0.1, 0.15) is 35.8 Å². The second-order valence-electron chi connectivity index (χ2n) is 4.72. The lowest BCUT2D eigenvalue weighted by Gasteiger charge is -2.14. The molecule has 1 unspecified atom stereocenters. The third kappa shape index (κ3) is 4.18. The van der Waals surface area contributed by atoms with Crippen LogP contribution < -0.4 is 10.1 Å². The SMILES string of the molecule is CC(=O)Oc1ccc(C(=O)NC(C)c2ccccc2)cc1. The number of ether oxygens (including phenoxy) is 1. The molecule has 0 spiro atoms. The van der Waals surface area contributed by atoms with Gasteiger partial charge in [-0.1, -0.05) is 30.3 Å². The summed E-state index contributed by atoms with van der Waals surface area (Å²) in [5.74, 6) is -0.124. The maximum Gasteiger partial charge on any atom is 0.308 e. The van der Waals surface area contributed by atoms with E-state index < -0.39 is 0 Å². The van der Waals surface area contributed by atoms with Crippen LogP contribution in [-0.4, -0.2) is 11.9 Å². The van der Waals surface area contributed by atoms with Gasteiger partial charge in [-0.3, -0.25) is 9.59 Å². The van der Waals surface area contributed by atoms with Crippen LogP contribution in [0.25, 0.3) is 0 Å². The van der Waals surface area contributed by atoms with Crippen molar-refractivity contribution in [3.05, 3.63) is 65.7 Å². The molecule has 0 bridgehead atoms. The summed E-state index contributed by atoms with van der Waals surface area (Å²) in [7, 11) is 0. The van der Waals surface area contributed by atoms with E-state index in [-0.39, 0.29) is 17.9 Å². The first-order chi connectivity index (χ1) is 10.1. The van der Waals surface area contributed by atoms with Crippen LogP contribution in [0, 0.1) is 0 Å². The molecule has 2 aromatic rings. The highest BCUT2D eigenvalue weighted by atomic mass is 16.5. The quantitative estimate of drug-likeness (QED) is 0.693. The van der Waals surface area contributed by atoms with Crippen molar-refractivity contribution >= 4 is 11.9 Å². The van der Waals surface area contributed by atoms with E-state index >= 15 is 0 Å². The molecule has 0 saturated heterocycles. The monoisotopic (exact) mass is 283 g/mol. The lowest BCUT2D eigenvalue weighted by Crippen LogP contribution is -2.26. The summed E-state index contributed by atoms with van der Waals surface area (Å²) in [6.45, 7) is 3.27.